The van der Waals surface area contributed by atoms with Crippen molar-refractivity contribution >= 4 is 15.9 Å². The Morgan fingerprint density at radius 1 is 1.30 bits per heavy atom. The Kier molecular flexibility index (Phi) is 3.72. The van der Waals surface area contributed by atoms with Crippen LogP contribution in [-0.2, 0) is 15.8 Å². The van der Waals surface area contributed by atoms with Gasteiger partial charge >= 0.3 is 0 Å². The summed E-state index contributed by atoms with van der Waals surface area (Å²) >= 11 is 0. The van der Waals surface area contributed by atoms with Crippen LogP contribution in [0.2, 0.25) is 0 Å². The third kappa shape index (κ3) is 2.85. The summed E-state index contributed by atoms with van der Waals surface area (Å²) < 4.78 is 52.7. The van der Waals surface area contributed by atoms with E-state index in [1.165, 1.54) is 11.4 Å². The number of amides is 1. The Morgan fingerprint density at radius 3 is 2.39 bits per heavy atom. The van der Waals surface area contributed by atoms with Crippen LogP contribution in [0, 0.1) is 5.41 Å². The van der Waals surface area contributed by atoms with Gasteiger partial charge in [0.1, 0.15) is 0 Å². The molecule has 1 aliphatic heterocycles. The van der Waals surface area contributed by atoms with Gasteiger partial charge in [-0.05, 0) is 24.1 Å². The molecule has 1 unspecified atom stereocenters. The molecule has 126 valence electrons. The van der Waals surface area contributed by atoms with E-state index in [0.29, 0.717) is 11.1 Å². The fraction of sp³-hybridized carbons (Fsp3) is 0.533. The number of nitrogens with zero attached hydrogens (tertiary/aromatic N) is 1. The number of halogens is 2. The summed E-state index contributed by atoms with van der Waals surface area (Å²) in [5.41, 5.74) is -0.170. The van der Waals surface area contributed by atoms with Crippen LogP contribution in [-0.4, -0.2) is 44.7 Å². The van der Waals surface area contributed by atoms with Crippen LogP contribution in [0.5, 0.6) is 0 Å². The molecule has 1 aromatic carbocycles. The number of benzene rings is 1. The second-order valence-corrected chi connectivity index (χ2v) is 8.25. The van der Waals surface area contributed by atoms with Gasteiger partial charge < -0.3 is 5.32 Å². The zero-order valence-electron chi connectivity index (χ0n) is 12.7. The molecule has 1 saturated heterocycles. The van der Waals surface area contributed by atoms with Crippen molar-refractivity contribution in [3.63, 3.8) is 0 Å². The Morgan fingerprint density at radius 2 is 1.91 bits per heavy atom. The minimum Gasteiger partial charge on any atom is -0.355 e. The van der Waals surface area contributed by atoms with Crippen molar-refractivity contribution < 1.29 is 22.0 Å². The van der Waals surface area contributed by atoms with Gasteiger partial charge in [0, 0.05) is 32.1 Å². The molecular weight excluding hydrogens is 326 g/mol. The van der Waals surface area contributed by atoms with Gasteiger partial charge in [0.05, 0.1) is 11.2 Å². The summed E-state index contributed by atoms with van der Waals surface area (Å²) in [7, 11) is -2.12. The number of sulfonamides is 1. The predicted molar refractivity (Wildman–Crippen MR) is 80.6 cm³/mol. The Labute approximate surface area is 133 Å². The number of nitrogens with one attached hydrogen (secondary N) is 1. The zero-order chi connectivity index (χ0) is 16.9. The van der Waals surface area contributed by atoms with Crippen molar-refractivity contribution in [2.75, 3.05) is 20.1 Å². The molecule has 3 rings (SSSR count). The topological polar surface area (TPSA) is 66.5 Å². The standard InChI is InChI=1S/C15H18F2N2O3S/c1-18-13(20)12-4-2-11(3-5-12)8-23(21,22)19-7-6-14(10-19)9-15(14,16)17/h2-5H,6-10H2,1H3,(H,18,20). The van der Waals surface area contributed by atoms with Gasteiger partial charge in [-0.15, -0.1) is 0 Å². The van der Waals surface area contributed by atoms with Gasteiger partial charge in [-0.25, -0.2) is 21.5 Å². The maximum atomic E-state index is 13.4. The molecule has 1 amide bonds. The highest BCUT2D eigenvalue weighted by molar-refractivity contribution is 7.88. The van der Waals surface area contributed by atoms with Gasteiger partial charge in [-0.1, -0.05) is 12.1 Å². The molecule has 1 saturated carbocycles. The number of hydrogen-bond acceptors (Lipinski definition) is 3. The first-order valence-electron chi connectivity index (χ1n) is 7.36. The van der Waals surface area contributed by atoms with Gasteiger partial charge in [0.2, 0.25) is 10.0 Å². The van der Waals surface area contributed by atoms with E-state index < -0.39 is 21.4 Å². The second kappa shape index (κ2) is 5.24. The van der Waals surface area contributed by atoms with Gasteiger partial charge in [-0.3, -0.25) is 4.79 Å². The first kappa shape index (κ1) is 16.3. The number of rotatable bonds is 4. The molecular formula is C15H18F2N2O3S. The third-order valence-corrected chi connectivity index (χ3v) is 6.51. The van der Waals surface area contributed by atoms with E-state index in [-0.39, 0.29) is 37.6 Å². The van der Waals surface area contributed by atoms with Crippen molar-refractivity contribution in [2.24, 2.45) is 5.41 Å². The molecule has 5 nitrogen and oxygen atoms in total. The SMILES string of the molecule is CNC(=O)c1ccc(CS(=O)(=O)N2CCC3(C2)CC3(F)F)cc1. The fourth-order valence-corrected chi connectivity index (χ4v) is 4.70. The summed E-state index contributed by atoms with van der Waals surface area (Å²) in [6.07, 6.45) is 0.00167. The van der Waals surface area contributed by atoms with E-state index in [1.807, 2.05) is 0 Å². The molecule has 0 bridgehead atoms. The summed E-state index contributed by atoms with van der Waals surface area (Å²) in [6.45, 7) is 0.0485. The van der Waals surface area contributed by atoms with Crippen LogP contribution in [0.15, 0.2) is 24.3 Å². The molecule has 23 heavy (non-hydrogen) atoms. The molecule has 1 atom stereocenters. The molecule has 1 aliphatic carbocycles. The molecule has 2 aliphatic rings. The van der Waals surface area contributed by atoms with Crippen molar-refractivity contribution in [3.8, 4) is 0 Å². The highest BCUT2D eigenvalue weighted by Crippen LogP contribution is 2.65. The first-order valence-corrected chi connectivity index (χ1v) is 8.97. The van der Waals surface area contributed by atoms with E-state index in [9.17, 15) is 22.0 Å². The van der Waals surface area contributed by atoms with Crippen molar-refractivity contribution in [3.05, 3.63) is 35.4 Å². The molecule has 0 radical (unpaired) electrons. The average molecular weight is 344 g/mol. The molecule has 1 N–H and O–H groups in total. The van der Waals surface area contributed by atoms with E-state index in [0.717, 1.165) is 0 Å². The van der Waals surface area contributed by atoms with Gasteiger partial charge in [-0.2, -0.15) is 0 Å². The monoisotopic (exact) mass is 344 g/mol. The van der Waals surface area contributed by atoms with E-state index >= 15 is 0 Å². The summed E-state index contributed by atoms with van der Waals surface area (Å²) in [5, 5.41) is 2.48. The van der Waals surface area contributed by atoms with Gasteiger partial charge in [0.25, 0.3) is 11.8 Å². The van der Waals surface area contributed by atoms with Crippen molar-refractivity contribution in [2.45, 2.75) is 24.5 Å². The van der Waals surface area contributed by atoms with Crippen LogP contribution in [0.1, 0.15) is 28.8 Å². The van der Waals surface area contributed by atoms with Crippen LogP contribution in [0.25, 0.3) is 0 Å². The molecule has 8 heteroatoms. The first-order chi connectivity index (χ1) is 10.7. The zero-order valence-corrected chi connectivity index (χ0v) is 13.5. The maximum absolute atomic E-state index is 13.4. The molecule has 0 aromatic heterocycles. The number of carbonyl (C=O) groups is 1. The number of alkyl halides is 2. The largest absolute Gasteiger partial charge is 0.355 e. The summed E-state index contributed by atoms with van der Waals surface area (Å²) in [6, 6.07) is 6.23. The number of hydrogen-bond donors (Lipinski definition) is 1. The van der Waals surface area contributed by atoms with E-state index in [2.05, 4.69) is 5.32 Å². The average Bonchev–Trinajstić information content (AvgIpc) is 2.84. The third-order valence-electron chi connectivity index (χ3n) is 4.72. The smallest absolute Gasteiger partial charge is 0.256 e. The Balaban J connectivity index is 1.69. The molecule has 1 spiro atoms. The Bertz CT molecular complexity index is 734. The lowest BCUT2D eigenvalue weighted by Gasteiger charge is -2.16. The minimum atomic E-state index is -3.63. The van der Waals surface area contributed by atoms with Crippen LogP contribution < -0.4 is 5.32 Å². The maximum Gasteiger partial charge on any atom is 0.256 e. The lowest BCUT2D eigenvalue weighted by molar-refractivity contribution is 0.0688. The second-order valence-electron chi connectivity index (χ2n) is 6.28. The minimum absolute atomic E-state index is 0.0986. The van der Waals surface area contributed by atoms with E-state index in [1.54, 1.807) is 24.3 Å². The summed E-state index contributed by atoms with van der Waals surface area (Å²) in [4.78, 5) is 11.4. The fourth-order valence-electron chi connectivity index (χ4n) is 3.09. The van der Waals surface area contributed by atoms with Crippen LogP contribution in [0.4, 0.5) is 8.78 Å². The van der Waals surface area contributed by atoms with Gasteiger partial charge in [0.15, 0.2) is 0 Å². The van der Waals surface area contributed by atoms with Crippen LogP contribution >= 0.6 is 0 Å². The highest BCUT2D eigenvalue weighted by Gasteiger charge is 2.73. The molecule has 2 fully saturated rings. The van der Waals surface area contributed by atoms with E-state index in [4.69, 9.17) is 0 Å². The molecule has 1 aromatic rings. The normalized spacial score (nSPS) is 26.4. The van der Waals surface area contributed by atoms with Crippen molar-refractivity contribution in [1.29, 1.82) is 0 Å². The summed E-state index contributed by atoms with van der Waals surface area (Å²) in [5.74, 6) is -3.23. The number of carbonyl (C=O) groups excluding carboxylic acids is 1. The van der Waals surface area contributed by atoms with Crippen LogP contribution in [0.3, 0.4) is 0 Å². The predicted octanol–water partition coefficient (Wildman–Crippen LogP) is 1.61. The highest BCUT2D eigenvalue weighted by atomic mass is 32.2. The van der Waals surface area contributed by atoms with Crippen molar-refractivity contribution in [1.82, 2.24) is 9.62 Å². The molecule has 1 heterocycles. The quantitative estimate of drug-likeness (QED) is 0.902. The lowest BCUT2D eigenvalue weighted by Crippen LogP contribution is -2.31. The Hall–Kier alpha value is -1.54. The lowest BCUT2D eigenvalue weighted by atomic mass is 10.1.